The molecule has 0 N–H and O–H groups in total. The van der Waals surface area contributed by atoms with Gasteiger partial charge in [0.25, 0.3) is 0 Å². The van der Waals surface area contributed by atoms with Crippen molar-refractivity contribution >= 4 is 0 Å². The van der Waals surface area contributed by atoms with Crippen molar-refractivity contribution in [2.75, 3.05) is 0 Å². The van der Waals surface area contributed by atoms with Crippen LogP contribution in [-0.2, 0) is 26.2 Å². The quantitative estimate of drug-likeness (QED) is 0.590. The van der Waals surface area contributed by atoms with Gasteiger partial charge in [0, 0.05) is 0 Å². The molecule has 3 fully saturated rings. The first-order valence-electron chi connectivity index (χ1n) is 6.30. The third kappa shape index (κ3) is 9.77. The second-order valence-electron chi connectivity index (χ2n) is 4.38. The normalized spacial score (nSPS) is 29.7. The fourth-order valence-corrected chi connectivity index (χ4v) is 1.76. The molecule has 94 valence electrons. The van der Waals surface area contributed by atoms with E-state index in [1.165, 1.54) is 19.3 Å². The predicted octanol–water partition coefficient (Wildman–Crippen LogP) is 4.11. The first-order chi connectivity index (χ1) is 8.30. The molecule has 0 bridgehead atoms. The van der Waals surface area contributed by atoms with E-state index in [4.69, 9.17) is 0 Å². The monoisotopic (exact) mass is 316 g/mol. The third-order valence-electron chi connectivity index (χ3n) is 2.93. The van der Waals surface area contributed by atoms with Crippen molar-refractivity contribution in [3.63, 3.8) is 0 Å². The molecule has 10 radical (unpaired) electrons. The summed E-state index contributed by atoms with van der Waals surface area (Å²) in [4.78, 5) is 0. The summed E-state index contributed by atoms with van der Waals surface area (Å²) < 4.78 is 0. The first kappa shape index (κ1) is 18.9. The van der Waals surface area contributed by atoms with Crippen molar-refractivity contribution in [1.29, 1.82) is 0 Å². The van der Waals surface area contributed by atoms with E-state index in [1.54, 1.807) is 0 Å². The number of rotatable bonds is 0. The topological polar surface area (TPSA) is 0 Å². The van der Waals surface area contributed by atoms with Gasteiger partial charge in [-0.25, -0.2) is 0 Å². The fraction of sp³-hybridized carbons (Fsp3) is 0.294. The molecule has 2 atom stereocenters. The molecule has 0 nitrogen and oxygen atoms in total. The summed E-state index contributed by atoms with van der Waals surface area (Å²) in [6, 6.07) is 0. The van der Waals surface area contributed by atoms with Crippen molar-refractivity contribution in [3.05, 3.63) is 78.1 Å². The molecule has 0 unspecified atom stereocenters. The van der Waals surface area contributed by atoms with E-state index in [0.29, 0.717) is 11.8 Å². The summed E-state index contributed by atoms with van der Waals surface area (Å²) in [5.41, 5.74) is 0. The molecule has 18 heavy (non-hydrogen) atoms. The summed E-state index contributed by atoms with van der Waals surface area (Å²) in [5.74, 6) is 1.31. The van der Waals surface area contributed by atoms with Crippen molar-refractivity contribution < 1.29 is 26.2 Å². The van der Waals surface area contributed by atoms with Crippen LogP contribution in [0, 0.1) is 89.9 Å². The largest absolute Gasteiger partial charge is 2.00 e. The summed E-state index contributed by atoms with van der Waals surface area (Å²) in [5, 5.41) is 0. The van der Waals surface area contributed by atoms with Crippen LogP contribution in [0.1, 0.15) is 19.3 Å². The molecule has 0 aromatic rings. The van der Waals surface area contributed by atoms with Gasteiger partial charge in [0.15, 0.2) is 0 Å². The average Bonchev–Trinajstić information content (AvgIpc) is 3.05. The van der Waals surface area contributed by atoms with Gasteiger partial charge in [-0.3, -0.25) is 0 Å². The summed E-state index contributed by atoms with van der Waals surface area (Å²) in [6.45, 7) is 7.91. The first-order valence-corrected chi connectivity index (χ1v) is 6.30. The standard InChI is InChI=1S/C7H12.2C5H5.Zr/c1-6-4-3-5-7(6)2;2*1-2-4-5-3-1;/h6-7H,1-5H2;2*1-5H;/q-2;;;+2/t6-,7-;;;/m0.../s1. The minimum Gasteiger partial charge on any atom is -0.342 e. The number of hydrogen-bond donors (Lipinski definition) is 0. The molecular weight excluding hydrogens is 295 g/mol. The van der Waals surface area contributed by atoms with E-state index in [1.807, 2.05) is 64.2 Å². The van der Waals surface area contributed by atoms with Crippen molar-refractivity contribution in [2.45, 2.75) is 19.3 Å². The van der Waals surface area contributed by atoms with Crippen LogP contribution in [-0.4, -0.2) is 0 Å². The molecule has 0 aliphatic heterocycles. The summed E-state index contributed by atoms with van der Waals surface area (Å²) in [6.07, 6.45) is 23.9. The van der Waals surface area contributed by atoms with Gasteiger partial charge in [-0.15, -0.1) is 0 Å². The smallest absolute Gasteiger partial charge is 0.342 e. The van der Waals surface area contributed by atoms with Crippen molar-refractivity contribution in [3.8, 4) is 0 Å². The molecule has 0 saturated heterocycles. The molecule has 0 aromatic carbocycles. The molecule has 0 spiro atoms. The SMILES string of the molecule is [CH2-][C@H]1CCC[C@@H]1[CH2-].[CH]1[CH][CH][CH][CH]1.[CH]1[CH][CH][CH][CH]1.[Zr+2]. The van der Waals surface area contributed by atoms with Crippen LogP contribution in [0.4, 0.5) is 0 Å². The summed E-state index contributed by atoms with van der Waals surface area (Å²) >= 11 is 0. The minimum absolute atomic E-state index is 0. The van der Waals surface area contributed by atoms with Gasteiger partial charge in [0.1, 0.15) is 0 Å². The van der Waals surface area contributed by atoms with E-state index < -0.39 is 0 Å². The molecule has 3 aliphatic rings. The maximum Gasteiger partial charge on any atom is 2.00 e. The zero-order chi connectivity index (χ0) is 12.3. The van der Waals surface area contributed by atoms with Crippen LogP contribution in [0.2, 0.25) is 0 Å². The van der Waals surface area contributed by atoms with Gasteiger partial charge in [0.05, 0.1) is 0 Å². The van der Waals surface area contributed by atoms with Crippen LogP contribution in [0.15, 0.2) is 0 Å². The van der Waals surface area contributed by atoms with Gasteiger partial charge in [-0.2, -0.15) is 11.8 Å². The molecule has 1 heteroatoms. The van der Waals surface area contributed by atoms with E-state index in [0.717, 1.165) is 0 Å². The Morgan fingerprint density at radius 3 is 0.889 bits per heavy atom. The Bertz CT molecular complexity index is 126. The van der Waals surface area contributed by atoms with Crippen LogP contribution < -0.4 is 0 Å². The molecular formula is C17H22Zr. The van der Waals surface area contributed by atoms with E-state index >= 15 is 0 Å². The van der Waals surface area contributed by atoms with Gasteiger partial charge < -0.3 is 13.8 Å². The molecule has 3 aliphatic carbocycles. The average molecular weight is 318 g/mol. The Balaban J connectivity index is 0.000000239. The van der Waals surface area contributed by atoms with Crippen LogP contribution in [0.3, 0.4) is 0 Å². The Labute approximate surface area is 135 Å². The predicted molar refractivity (Wildman–Crippen MR) is 74.5 cm³/mol. The zero-order valence-electron chi connectivity index (χ0n) is 11.0. The van der Waals surface area contributed by atoms with Gasteiger partial charge >= 0.3 is 26.2 Å². The van der Waals surface area contributed by atoms with E-state index in [2.05, 4.69) is 13.8 Å². The molecule has 0 aromatic heterocycles. The van der Waals surface area contributed by atoms with Gasteiger partial charge in [-0.05, 0) is 64.2 Å². The van der Waals surface area contributed by atoms with Crippen molar-refractivity contribution in [1.82, 2.24) is 0 Å². The fourth-order valence-electron chi connectivity index (χ4n) is 1.76. The van der Waals surface area contributed by atoms with Crippen LogP contribution in [0.5, 0.6) is 0 Å². The summed E-state index contributed by atoms with van der Waals surface area (Å²) in [7, 11) is 0. The molecule has 0 amide bonds. The van der Waals surface area contributed by atoms with Crippen LogP contribution >= 0.6 is 0 Å². The van der Waals surface area contributed by atoms with E-state index in [-0.39, 0.29) is 26.2 Å². The Morgan fingerprint density at radius 1 is 0.556 bits per heavy atom. The van der Waals surface area contributed by atoms with Crippen LogP contribution in [0.25, 0.3) is 0 Å². The Hall–Kier alpha value is 0.883. The second-order valence-corrected chi connectivity index (χ2v) is 4.38. The maximum absolute atomic E-state index is 3.96. The number of hydrogen-bond acceptors (Lipinski definition) is 0. The van der Waals surface area contributed by atoms with Gasteiger partial charge in [-0.1, -0.05) is 19.3 Å². The minimum atomic E-state index is 0. The third-order valence-corrected chi connectivity index (χ3v) is 2.93. The Kier molecular flexibility index (Phi) is 13.5. The maximum atomic E-state index is 3.96. The second kappa shape index (κ2) is 12.9. The van der Waals surface area contributed by atoms with Crippen molar-refractivity contribution in [2.24, 2.45) is 11.8 Å². The van der Waals surface area contributed by atoms with Gasteiger partial charge in [0.2, 0.25) is 0 Å². The molecule has 0 heterocycles. The van der Waals surface area contributed by atoms with E-state index in [9.17, 15) is 0 Å². The molecule has 3 saturated carbocycles. The Morgan fingerprint density at radius 2 is 0.778 bits per heavy atom. The molecule has 3 rings (SSSR count). The zero-order valence-corrected chi connectivity index (χ0v) is 13.4.